The van der Waals surface area contributed by atoms with Crippen LogP contribution < -0.4 is 10.6 Å². The summed E-state index contributed by atoms with van der Waals surface area (Å²) in [6.07, 6.45) is 5.67. The van der Waals surface area contributed by atoms with E-state index in [0.29, 0.717) is 31.2 Å². The predicted molar refractivity (Wildman–Crippen MR) is 118 cm³/mol. The first kappa shape index (κ1) is 21.2. The molecule has 164 valence electrons. The van der Waals surface area contributed by atoms with Gasteiger partial charge in [-0.3, -0.25) is 9.59 Å². The number of primary amides is 1. The van der Waals surface area contributed by atoms with Gasteiger partial charge in [-0.1, -0.05) is 25.0 Å². The van der Waals surface area contributed by atoms with Crippen molar-refractivity contribution in [1.29, 1.82) is 0 Å². The molecule has 31 heavy (non-hydrogen) atoms. The van der Waals surface area contributed by atoms with E-state index in [4.69, 9.17) is 15.5 Å². The number of ether oxygens (including phenoxy) is 1. The fraction of sp³-hybridized carbons (Fsp3) is 0.478. The Morgan fingerprint density at radius 1 is 1.16 bits per heavy atom. The first-order valence-corrected chi connectivity index (χ1v) is 10.8. The number of amides is 2. The van der Waals surface area contributed by atoms with Gasteiger partial charge in [-0.15, -0.1) is 0 Å². The second kappa shape index (κ2) is 9.01. The number of nitrogens with two attached hydrogens (primary N) is 1. The predicted octanol–water partition coefficient (Wildman–Crippen LogP) is 2.40. The average Bonchev–Trinajstić information content (AvgIpc) is 3.33. The number of carbonyl (C=O) groups excluding carboxylic acids is 2. The van der Waals surface area contributed by atoms with Crippen molar-refractivity contribution in [3.05, 3.63) is 41.7 Å². The van der Waals surface area contributed by atoms with Crippen molar-refractivity contribution >= 4 is 17.8 Å². The third-order valence-corrected chi connectivity index (χ3v) is 6.07. The zero-order valence-electron chi connectivity index (χ0n) is 18.1. The number of rotatable bonds is 5. The van der Waals surface area contributed by atoms with Gasteiger partial charge in [0.05, 0.1) is 18.8 Å². The third kappa shape index (κ3) is 4.54. The summed E-state index contributed by atoms with van der Waals surface area (Å²) >= 11 is 0. The van der Waals surface area contributed by atoms with Crippen LogP contribution in [0.2, 0.25) is 0 Å². The highest BCUT2D eigenvalue weighted by atomic mass is 16.5. The zero-order valence-corrected chi connectivity index (χ0v) is 18.1. The molecule has 8 nitrogen and oxygen atoms in total. The third-order valence-electron chi connectivity index (χ3n) is 6.07. The molecule has 1 saturated heterocycles. The Balaban J connectivity index is 1.65. The molecule has 2 aromatic rings. The second-order valence-electron chi connectivity index (χ2n) is 8.43. The summed E-state index contributed by atoms with van der Waals surface area (Å²) in [6.45, 7) is 1.57. The Bertz CT molecular complexity index is 954. The van der Waals surface area contributed by atoms with Crippen LogP contribution in [-0.2, 0) is 9.53 Å². The molecule has 0 radical (unpaired) electrons. The van der Waals surface area contributed by atoms with E-state index in [9.17, 15) is 9.59 Å². The lowest BCUT2D eigenvalue weighted by molar-refractivity contribution is -0.143. The highest BCUT2D eigenvalue weighted by Crippen LogP contribution is 2.33. The Hall–Kier alpha value is -3.00. The minimum Gasteiger partial charge on any atom is -0.368 e. The molecule has 1 atom stereocenters. The lowest BCUT2D eigenvalue weighted by Crippen LogP contribution is -2.44. The maximum atomic E-state index is 13.0. The van der Waals surface area contributed by atoms with Crippen molar-refractivity contribution in [1.82, 2.24) is 14.9 Å². The van der Waals surface area contributed by atoms with Gasteiger partial charge in [0.15, 0.2) is 0 Å². The Morgan fingerprint density at radius 3 is 2.52 bits per heavy atom. The summed E-state index contributed by atoms with van der Waals surface area (Å²) in [4.78, 5) is 37.4. The van der Waals surface area contributed by atoms with Crippen molar-refractivity contribution < 1.29 is 14.3 Å². The summed E-state index contributed by atoms with van der Waals surface area (Å²) in [7, 11) is 3.77. The summed E-state index contributed by atoms with van der Waals surface area (Å²) in [6, 6.07) is 7.06. The molecule has 2 heterocycles. The van der Waals surface area contributed by atoms with Crippen molar-refractivity contribution in [2.45, 2.75) is 31.8 Å². The lowest BCUT2D eigenvalue weighted by Gasteiger charge is -2.35. The van der Waals surface area contributed by atoms with E-state index < -0.39 is 5.91 Å². The van der Waals surface area contributed by atoms with Crippen LogP contribution in [0.4, 0.5) is 5.95 Å². The number of nitrogens with zero attached hydrogens (tertiary/aromatic N) is 4. The largest absolute Gasteiger partial charge is 0.368 e. The van der Waals surface area contributed by atoms with E-state index in [-0.39, 0.29) is 17.9 Å². The summed E-state index contributed by atoms with van der Waals surface area (Å²) < 4.78 is 6.09. The molecule has 1 aliphatic heterocycles. The van der Waals surface area contributed by atoms with Gasteiger partial charge in [0.1, 0.15) is 6.10 Å². The van der Waals surface area contributed by atoms with Gasteiger partial charge in [0, 0.05) is 43.9 Å². The maximum absolute atomic E-state index is 13.0. The van der Waals surface area contributed by atoms with E-state index in [0.717, 1.165) is 42.5 Å². The van der Waals surface area contributed by atoms with Crippen molar-refractivity contribution in [2.75, 3.05) is 38.7 Å². The molecule has 0 spiro atoms. The van der Waals surface area contributed by atoms with Crippen LogP contribution in [0.3, 0.4) is 0 Å². The highest BCUT2D eigenvalue weighted by Gasteiger charge is 2.33. The van der Waals surface area contributed by atoms with Crippen LogP contribution >= 0.6 is 0 Å². The Morgan fingerprint density at radius 2 is 1.87 bits per heavy atom. The summed E-state index contributed by atoms with van der Waals surface area (Å²) in [5, 5.41) is 0. The minimum atomic E-state index is -0.470. The molecule has 2 fully saturated rings. The number of benzene rings is 1. The van der Waals surface area contributed by atoms with Crippen molar-refractivity contribution in [3.8, 4) is 11.1 Å². The molecule has 0 bridgehead atoms. The summed E-state index contributed by atoms with van der Waals surface area (Å²) in [5.74, 6) is 0.486. The summed E-state index contributed by atoms with van der Waals surface area (Å²) in [5.41, 5.74) is 8.25. The molecule has 1 unspecified atom stereocenters. The van der Waals surface area contributed by atoms with Crippen LogP contribution in [0.5, 0.6) is 0 Å². The first-order valence-electron chi connectivity index (χ1n) is 10.8. The van der Waals surface area contributed by atoms with E-state index >= 15 is 0 Å². The molecule has 1 aliphatic carbocycles. The fourth-order valence-corrected chi connectivity index (χ4v) is 4.33. The molecule has 4 rings (SSSR count). The monoisotopic (exact) mass is 423 g/mol. The van der Waals surface area contributed by atoms with Crippen molar-refractivity contribution in [3.63, 3.8) is 0 Å². The molecule has 2 aliphatic rings. The number of hydrogen-bond donors (Lipinski definition) is 1. The minimum absolute atomic E-state index is 0.141. The number of morpholine rings is 1. The van der Waals surface area contributed by atoms with Crippen LogP contribution in [0.25, 0.3) is 11.1 Å². The quantitative estimate of drug-likeness (QED) is 0.792. The van der Waals surface area contributed by atoms with Gasteiger partial charge in [0.25, 0.3) is 0 Å². The molecular formula is C23H29N5O3. The van der Waals surface area contributed by atoms with Gasteiger partial charge in [-0.25, -0.2) is 9.97 Å². The van der Waals surface area contributed by atoms with Crippen molar-refractivity contribution in [2.24, 2.45) is 11.7 Å². The molecule has 1 saturated carbocycles. The molecule has 2 N–H and O–H groups in total. The average molecular weight is 424 g/mol. The number of aromatic nitrogens is 2. The van der Waals surface area contributed by atoms with Gasteiger partial charge in [-0.05, 0) is 30.5 Å². The topological polar surface area (TPSA) is 102 Å². The first-order chi connectivity index (χ1) is 14.9. The van der Waals surface area contributed by atoms with Gasteiger partial charge < -0.3 is 20.3 Å². The number of anilines is 1. The normalized spacial score (nSPS) is 19.4. The van der Waals surface area contributed by atoms with Gasteiger partial charge in [0.2, 0.25) is 17.8 Å². The van der Waals surface area contributed by atoms with Gasteiger partial charge >= 0.3 is 0 Å². The lowest BCUT2D eigenvalue weighted by atomic mass is 9.99. The molecule has 1 aromatic carbocycles. The zero-order chi connectivity index (χ0) is 22.0. The standard InChI is InChI=1S/C23H29N5O3/c1-27(2)23-25-13-18(15-7-9-16(10-8-15)21(24)29)20(26-23)19-14-28(11-12-31-19)22(30)17-5-3-4-6-17/h7-10,13,17,19H,3-6,11-12,14H2,1-2H3,(H2,24,29). The number of hydrogen-bond acceptors (Lipinski definition) is 6. The second-order valence-corrected chi connectivity index (χ2v) is 8.43. The smallest absolute Gasteiger partial charge is 0.248 e. The van der Waals surface area contributed by atoms with E-state index in [1.165, 1.54) is 0 Å². The maximum Gasteiger partial charge on any atom is 0.248 e. The fourth-order valence-electron chi connectivity index (χ4n) is 4.33. The molecular weight excluding hydrogens is 394 g/mol. The van der Waals surface area contributed by atoms with Crippen LogP contribution in [0.15, 0.2) is 30.5 Å². The SMILES string of the molecule is CN(C)c1ncc(-c2ccc(C(N)=O)cc2)c(C2CN(C(=O)C3CCCC3)CCO2)n1. The number of carbonyl (C=O) groups is 2. The van der Waals surface area contributed by atoms with E-state index in [2.05, 4.69) is 4.98 Å². The van der Waals surface area contributed by atoms with E-state index in [1.54, 1.807) is 18.3 Å². The molecule has 1 aromatic heterocycles. The molecule has 8 heteroatoms. The van der Waals surface area contributed by atoms with Crippen LogP contribution in [0.1, 0.15) is 47.8 Å². The molecule has 2 amide bonds. The Labute approximate surface area is 182 Å². The highest BCUT2D eigenvalue weighted by molar-refractivity contribution is 5.93. The van der Waals surface area contributed by atoms with Crippen LogP contribution in [0, 0.1) is 5.92 Å². The van der Waals surface area contributed by atoms with Gasteiger partial charge in [-0.2, -0.15) is 0 Å². The van der Waals surface area contributed by atoms with Crippen LogP contribution in [-0.4, -0.2) is 60.5 Å². The van der Waals surface area contributed by atoms with E-state index in [1.807, 2.05) is 36.0 Å². The Kier molecular flexibility index (Phi) is 6.18.